The summed E-state index contributed by atoms with van der Waals surface area (Å²) in [6.07, 6.45) is 6.81. The molecule has 1 saturated heterocycles. The maximum atomic E-state index is 13.7. The number of anilines is 2. The molecule has 3 aliphatic rings. The maximum Gasteiger partial charge on any atom is 0.258 e. The number of amides is 1. The zero-order valence-corrected chi connectivity index (χ0v) is 18.1. The molecule has 10 heteroatoms. The highest BCUT2D eigenvalue weighted by atomic mass is 16.5. The van der Waals surface area contributed by atoms with Crippen molar-refractivity contribution in [2.45, 2.75) is 57.8 Å². The standard InChI is InChI=1S/C22H25N7O3/c1-12-16(17-19(28-22(2)5-6-22)25-11-26-20(17)32-12)21(30)29-7-3-13-14(9-29)23-10-24-18(13)27-15-4-8-31-15/h10-11,15H,3-9H2,1-2H3,(H,23,24,27)(H,25,26,28). The predicted molar refractivity (Wildman–Crippen MR) is 116 cm³/mol. The van der Waals surface area contributed by atoms with E-state index in [0.29, 0.717) is 47.8 Å². The lowest BCUT2D eigenvalue weighted by molar-refractivity contribution is -0.0316. The first kappa shape index (κ1) is 19.4. The number of furan rings is 1. The van der Waals surface area contributed by atoms with Gasteiger partial charge in [-0.1, -0.05) is 0 Å². The van der Waals surface area contributed by atoms with E-state index >= 15 is 0 Å². The molecule has 2 N–H and O–H groups in total. The van der Waals surface area contributed by atoms with Gasteiger partial charge in [-0.05, 0) is 33.1 Å². The number of hydrogen-bond donors (Lipinski definition) is 2. The molecule has 1 saturated carbocycles. The molecule has 166 valence electrons. The van der Waals surface area contributed by atoms with Crippen molar-refractivity contribution in [3.63, 3.8) is 0 Å². The minimum absolute atomic E-state index is 0.00727. The van der Waals surface area contributed by atoms with Crippen LogP contribution < -0.4 is 10.6 Å². The third-order valence-electron chi connectivity index (χ3n) is 6.59. The molecule has 0 bridgehead atoms. The van der Waals surface area contributed by atoms with Crippen LogP contribution in [0.25, 0.3) is 11.1 Å². The Balaban J connectivity index is 1.31. The molecule has 0 aromatic carbocycles. The van der Waals surface area contributed by atoms with Crippen molar-refractivity contribution >= 4 is 28.6 Å². The zero-order chi connectivity index (χ0) is 21.9. The number of rotatable bonds is 5. The van der Waals surface area contributed by atoms with Crippen LogP contribution in [0.15, 0.2) is 17.1 Å². The summed E-state index contributed by atoms with van der Waals surface area (Å²) in [5.41, 5.74) is 2.87. The van der Waals surface area contributed by atoms with Crippen molar-refractivity contribution < 1.29 is 13.9 Å². The zero-order valence-electron chi connectivity index (χ0n) is 18.1. The number of carbonyl (C=O) groups is 1. The fraction of sp³-hybridized carbons (Fsp3) is 0.500. The first-order chi connectivity index (χ1) is 15.5. The monoisotopic (exact) mass is 435 g/mol. The van der Waals surface area contributed by atoms with Gasteiger partial charge in [-0.25, -0.2) is 19.9 Å². The Kier molecular flexibility index (Phi) is 4.32. The molecule has 1 unspecified atom stereocenters. The highest BCUT2D eigenvalue weighted by Crippen LogP contribution is 2.40. The molecule has 3 aromatic rings. The fourth-order valence-electron chi connectivity index (χ4n) is 4.31. The third kappa shape index (κ3) is 3.26. The SMILES string of the molecule is Cc1oc2ncnc(NC3(C)CC3)c2c1C(=O)N1CCc2c(ncnc2NC2CCO2)C1. The number of aryl methyl sites for hydroxylation is 1. The summed E-state index contributed by atoms with van der Waals surface area (Å²) in [5.74, 6) is 1.91. The summed E-state index contributed by atoms with van der Waals surface area (Å²) in [6.45, 7) is 5.71. The van der Waals surface area contributed by atoms with Gasteiger partial charge in [-0.15, -0.1) is 0 Å². The molecule has 2 fully saturated rings. The lowest BCUT2D eigenvalue weighted by Crippen LogP contribution is -2.39. The van der Waals surface area contributed by atoms with Gasteiger partial charge in [0.25, 0.3) is 5.91 Å². The first-order valence-corrected chi connectivity index (χ1v) is 11.0. The Morgan fingerprint density at radius 2 is 1.97 bits per heavy atom. The van der Waals surface area contributed by atoms with Crippen LogP contribution in [0.3, 0.4) is 0 Å². The molecular weight excluding hydrogens is 410 g/mol. The molecule has 1 aliphatic carbocycles. The molecular formula is C22H25N7O3. The summed E-state index contributed by atoms with van der Waals surface area (Å²) >= 11 is 0. The highest BCUT2D eigenvalue weighted by molar-refractivity contribution is 6.10. The summed E-state index contributed by atoms with van der Waals surface area (Å²) in [4.78, 5) is 33.0. The Labute approximate surface area is 184 Å². The summed E-state index contributed by atoms with van der Waals surface area (Å²) in [6, 6.07) is 0. The van der Waals surface area contributed by atoms with Gasteiger partial charge >= 0.3 is 0 Å². The van der Waals surface area contributed by atoms with E-state index in [1.807, 2.05) is 4.90 Å². The van der Waals surface area contributed by atoms with Gasteiger partial charge in [0, 0.05) is 24.1 Å². The van der Waals surface area contributed by atoms with Crippen molar-refractivity contribution in [1.82, 2.24) is 24.8 Å². The lowest BCUT2D eigenvalue weighted by atomic mass is 10.0. The van der Waals surface area contributed by atoms with Crippen molar-refractivity contribution in [2.75, 3.05) is 23.8 Å². The van der Waals surface area contributed by atoms with Crippen molar-refractivity contribution in [1.29, 1.82) is 0 Å². The van der Waals surface area contributed by atoms with Crippen molar-refractivity contribution in [3.8, 4) is 0 Å². The van der Waals surface area contributed by atoms with E-state index in [9.17, 15) is 4.79 Å². The lowest BCUT2D eigenvalue weighted by Gasteiger charge is -2.32. The van der Waals surface area contributed by atoms with E-state index < -0.39 is 0 Å². The number of nitrogens with one attached hydrogen (secondary N) is 2. The molecule has 0 radical (unpaired) electrons. The molecule has 10 nitrogen and oxygen atoms in total. The Morgan fingerprint density at radius 3 is 2.72 bits per heavy atom. The predicted octanol–water partition coefficient (Wildman–Crippen LogP) is 2.64. The number of aromatic nitrogens is 4. The van der Waals surface area contributed by atoms with Crippen LogP contribution in [0.5, 0.6) is 0 Å². The Bertz CT molecular complexity index is 1220. The van der Waals surface area contributed by atoms with E-state index in [1.165, 1.54) is 6.33 Å². The molecule has 32 heavy (non-hydrogen) atoms. The Morgan fingerprint density at radius 1 is 1.19 bits per heavy atom. The number of carbonyl (C=O) groups excluding carboxylic acids is 1. The van der Waals surface area contributed by atoms with E-state index in [4.69, 9.17) is 9.15 Å². The molecule has 3 aromatic heterocycles. The summed E-state index contributed by atoms with van der Waals surface area (Å²) < 4.78 is 11.3. The number of ether oxygens (including phenoxy) is 1. The second-order valence-electron chi connectivity index (χ2n) is 9.04. The molecule has 1 atom stereocenters. The van der Waals surface area contributed by atoms with Crippen LogP contribution in [0, 0.1) is 6.92 Å². The van der Waals surface area contributed by atoms with Crippen LogP contribution in [0.4, 0.5) is 11.6 Å². The van der Waals surface area contributed by atoms with Gasteiger partial charge in [0.15, 0.2) is 0 Å². The molecule has 1 amide bonds. The quantitative estimate of drug-likeness (QED) is 0.623. The second-order valence-corrected chi connectivity index (χ2v) is 9.04. The third-order valence-corrected chi connectivity index (χ3v) is 6.59. The molecule has 6 rings (SSSR count). The summed E-state index contributed by atoms with van der Waals surface area (Å²) in [7, 11) is 0. The van der Waals surface area contributed by atoms with Crippen LogP contribution in [0.1, 0.15) is 53.6 Å². The van der Waals surface area contributed by atoms with Crippen molar-refractivity contribution in [3.05, 3.63) is 35.2 Å². The van der Waals surface area contributed by atoms with Crippen LogP contribution >= 0.6 is 0 Å². The molecule has 2 aliphatic heterocycles. The minimum Gasteiger partial charge on any atom is -0.442 e. The number of nitrogens with zero attached hydrogens (tertiary/aromatic N) is 5. The minimum atomic E-state index is -0.0962. The highest BCUT2D eigenvalue weighted by Gasteiger charge is 2.39. The molecule has 0 spiro atoms. The van der Waals surface area contributed by atoms with Crippen LogP contribution in [-0.2, 0) is 17.7 Å². The maximum absolute atomic E-state index is 13.7. The topological polar surface area (TPSA) is 118 Å². The van der Waals surface area contributed by atoms with E-state index in [0.717, 1.165) is 42.9 Å². The number of fused-ring (bicyclic) bond motifs is 2. The average Bonchev–Trinajstić information content (AvgIpc) is 3.37. The van der Waals surface area contributed by atoms with Gasteiger partial charge < -0.3 is 24.7 Å². The van der Waals surface area contributed by atoms with E-state index in [-0.39, 0.29) is 17.7 Å². The summed E-state index contributed by atoms with van der Waals surface area (Å²) in [5, 5.41) is 7.46. The van der Waals surface area contributed by atoms with Gasteiger partial charge in [0.2, 0.25) is 5.71 Å². The number of hydrogen-bond acceptors (Lipinski definition) is 9. The van der Waals surface area contributed by atoms with Gasteiger partial charge in [0.1, 0.15) is 36.3 Å². The molecule has 5 heterocycles. The van der Waals surface area contributed by atoms with Crippen LogP contribution in [-0.4, -0.2) is 55.7 Å². The van der Waals surface area contributed by atoms with Crippen molar-refractivity contribution in [2.24, 2.45) is 0 Å². The van der Waals surface area contributed by atoms with Gasteiger partial charge in [-0.3, -0.25) is 4.79 Å². The smallest absolute Gasteiger partial charge is 0.258 e. The first-order valence-electron chi connectivity index (χ1n) is 11.0. The largest absolute Gasteiger partial charge is 0.442 e. The Hall–Kier alpha value is -3.27. The normalized spacial score (nSPS) is 21.1. The van der Waals surface area contributed by atoms with Gasteiger partial charge in [0.05, 0.1) is 29.8 Å². The fourth-order valence-corrected chi connectivity index (χ4v) is 4.31. The second kappa shape index (κ2) is 7.13. The van der Waals surface area contributed by atoms with E-state index in [1.54, 1.807) is 13.3 Å². The average molecular weight is 435 g/mol. The van der Waals surface area contributed by atoms with Gasteiger partial charge in [-0.2, -0.15) is 0 Å². The van der Waals surface area contributed by atoms with E-state index in [2.05, 4.69) is 37.5 Å². The van der Waals surface area contributed by atoms with Crippen LogP contribution in [0.2, 0.25) is 0 Å².